The van der Waals surface area contributed by atoms with Gasteiger partial charge in [-0.2, -0.15) is 13.2 Å². The fraction of sp³-hybridized carbons (Fsp3) is 0.333. The Morgan fingerprint density at radius 3 is 2.59 bits per heavy atom. The number of aryl methyl sites for hydroxylation is 1. The second-order valence-electron chi connectivity index (χ2n) is 5.22. The minimum atomic E-state index is -4.40. The lowest BCUT2D eigenvalue weighted by Gasteiger charge is -2.25. The maximum Gasteiger partial charge on any atom is 0.416 e. The average Bonchev–Trinajstić information content (AvgIpc) is 2.87. The number of amides is 1. The summed E-state index contributed by atoms with van der Waals surface area (Å²) in [6, 6.07) is 4.24. The third-order valence-electron chi connectivity index (χ3n) is 3.78. The van der Waals surface area contributed by atoms with Crippen molar-refractivity contribution in [3.8, 4) is 0 Å². The van der Waals surface area contributed by atoms with E-state index in [1.54, 1.807) is 4.90 Å². The molecule has 0 N–H and O–H groups in total. The number of fused-ring (bicyclic) bond motifs is 1. The van der Waals surface area contributed by atoms with Crippen molar-refractivity contribution < 1.29 is 22.5 Å². The third-order valence-corrected chi connectivity index (χ3v) is 3.78. The molecule has 0 aliphatic carbocycles. The second kappa shape index (κ2) is 5.15. The molecular formula is C15H13F3N2O2. The van der Waals surface area contributed by atoms with Crippen molar-refractivity contribution in [2.45, 2.75) is 26.1 Å². The summed E-state index contributed by atoms with van der Waals surface area (Å²) in [5.41, 5.74) is 1.29. The number of hydrogen-bond acceptors (Lipinski definition) is 3. The minimum Gasteiger partial charge on any atom is -0.359 e. The van der Waals surface area contributed by atoms with Crippen LogP contribution < -0.4 is 0 Å². The molecule has 0 unspecified atom stereocenters. The average molecular weight is 310 g/mol. The Balaban J connectivity index is 1.78. The van der Waals surface area contributed by atoms with E-state index in [1.165, 1.54) is 12.1 Å². The van der Waals surface area contributed by atoms with E-state index in [0.29, 0.717) is 18.7 Å². The van der Waals surface area contributed by atoms with Crippen LogP contribution in [0.4, 0.5) is 13.2 Å². The lowest BCUT2D eigenvalue weighted by atomic mass is 10.0. The predicted octanol–water partition coefficient (Wildman–Crippen LogP) is 3.20. The maximum atomic E-state index is 12.5. The van der Waals surface area contributed by atoms with Crippen molar-refractivity contribution in [1.82, 2.24) is 10.1 Å². The lowest BCUT2D eigenvalue weighted by Crippen LogP contribution is -2.35. The third kappa shape index (κ3) is 2.58. The molecular weight excluding hydrogens is 297 g/mol. The van der Waals surface area contributed by atoms with Gasteiger partial charge in [0.1, 0.15) is 0 Å². The Bertz CT molecular complexity index is 705. The highest BCUT2D eigenvalue weighted by Crippen LogP contribution is 2.29. The fourth-order valence-corrected chi connectivity index (χ4v) is 2.54. The summed E-state index contributed by atoms with van der Waals surface area (Å²) in [6.45, 7) is 2.63. The molecule has 0 saturated heterocycles. The number of alkyl halides is 3. The zero-order chi connectivity index (χ0) is 15.9. The van der Waals surface area contributed by atoms with Crippen molar-refractivity contribution in [2.24, 2.45) is 0 Å². The summed E-state index contributed by atoms with van der Waals surface area (Å²) < 4.78 is 42.8. The van der Waals surface area contributed by atoms with Crippen LogP contribution >= 0.6 is 0 Å². The molecule has 2 heterocycles. The van der Waals surface area contributed by atoms with E-state index in [1.807, 2.05) is 6.92 Å². The SMILES string of the molecule is Cc1noc2c1CCN(C(=O)c1ccc(C(F)(F)F)cc1)C2. The van der Waals surface area contributed by atoms with Gasteiger partial charge in [0.05, 0.1) is 17.8 Å². The van der Waals surface area contributed by atoms with E-state index >= 15 is 0 Å². The molecule has 2 aromatic rings. The predicted molar refractivity (Wildman–Crippen MR) is 71.1 cm³/mol. The van der Waals surface area contributed by atoms with Crippen LogP contribution in [-0.2, 0) is 19.1 Å². The molecule has 22 heavy (non-hydrogen) atoms. The summed E-state index contributed by atoms with van der Waals surface area (Å²) in [5.74, 6) is 0.331. The van der Waals surface area contributed by atoms with Gasteiger partial charge in [0, 0.05) is 17.7 Å². The van der Waals surface area contributed by atoms with Crippen LogP contribution in [0, 0.1) is 6.92 Å². The zero-order valence-electron chi connectivity index (χ0n) is 11.8. The number of aromatic nitrogens is 1. The van der Waals surface area contributed by atoms with Gasteiger partial charge in [-0.25, -0.2) is 0 Å². The van der Waals surface area contributed by atoms with Crippen LogP contribution in [0.5, 0.6) is 0 Å². The first kappa shape index (κ1) is 14.6. The Morgan fingerprint density at radius 2 is 1.95 bits per heavy atom. The van der Waals surface area contributed by atoms with E-state index in [-0.39, 0.29) is 18.0 Å². The number of carbonyl (C=O) groups excluding carboxylic acids is 1. The molecule has 1 amide bonds. The van der Waals surface area contributed by atoms with Gasteiger partial charge in [0.25, 0.3) is 5.91 Å². The summed E-state index contributed by atoms with van der Waals surface area (Å²) in [7, 11) is 0. The van der Waals surface area contributed by atoms with E-state index in [9.17, 15) is 18.0 Å². The van der Waals surface area contributed by atoms with Gasteiger partial charge in [-0.05, 0) is 37.6 Å². The van der Waals surface area contributed by atoms with Crippen molar-refractivity contribution in [3.05, 3.63) is 52.4 Å². The van der Waals surface area contributed by atoms with Crippen LogP contribution in [0.1, 0.15) is 32.9 Å². The van der Waals surface area contributed by atoms with Crippen LogP contribution in [-0.4, -0.2) is 22.5 Å². The highest BCUT2D eigenvalue weighted by Gasteiger charge is 2.31. The normalized spacial score (nSPS) is 14.8. The summed E-state index contributed by atoms with van der Waals surface area (Å²) in [6.07, 6.45) is -3.77. The lowest BCUT2D eigenvalue weighted by molar-refractivity contribution is -0.137. The van der Waals surface area contributed by atoms with Gasteiger partial charge >= 0.3 is 6.18 Å². The van der Waals surface area contributed by atoms with Crippen molar-refractivity contribution in [2.75, 3.05) is 6.54 Å². The van der Waals surface area contributed by atoms with Crippen LogP contribution in [0.15, 0.2) is 28.8 Å². The molecule has 0 fully saturated rings. The van der Waals surface area contributed by atoms with Gasteiger partial charge in [-0.3, -0.25) is 4.79 Å². The van der Waals surface area contributed by atoms with Gasteiger partial charge < -0.3 is 9.42 Å². The summed E-state index contributed by atoms with van der Waals surface area (Å²) in [5, 5.41) is 3.87. The number of carbonyl (C=O) groups is 1. The number of nitrogens with zero attached hydrogens (tertiary/aromatic N) is 2. The topological polar surface area (TPSA) is 46.3 Å². The van der Waals surface area contributed by atoms with Gasteiger partial charge in [-0.1, -0.05) is 5.16 Å². The summed E-state index contributed by atoms with van der Waals surface area (Å²) >= 11 is 0. The highest BCUT2D eigenvalue weighted by molar-refractivity contribution is 5.94. The van der Waals surface area contributed by atoms with E-state index in [0.717, 1.165) is 23.4 Å². The second-order valence-corrected chi connectivity index (χ2v) is 5.22. The Morgan fingerprint density at radius 1 is 1.27 bits per heavy atom. The van der Waals surface area contributed by atoms with Crippen molar-refractivity contribution in [3.63, 3.8) is 0 Å². The van der Waals surface area contributed by atoms with Gasteiger partial charge in [-0.15, -0.1) is 0 Å². The van der Waals surface area contributed by atoms with Crippen molar-refractivity contribution in [1.29, 1.82) is 0 Å². The van der Waals surface area contributed by atoms with E-state index in [2.05, 4.69) is 5.16 Å². The Hall–Kier alpha value is -2.31. The maximum absolute atomic E-state index is 12.5. The quantitative estimate of drug-likeness (QED) is 0.812. The molecule has 1 aliphatic heterocycles. The first-order valence-electron chi connectivity index (χ1n) is 6.77. The standard InChI is InChI=1S/C15H13F3N2O2/c1-9-12-6-7-20(8-13(12)22-19-9)14(21)10-2-4-11(5-3-10)15(16,17)18/h2-5H,6-8H2,1H3. The first-order valence-corrected chi connectivity index (χ1v) is 6.77. The molecule has 3 rings (SSSR count). The fourth-order valence-electron chi connectivity index (χ4n) is 2.54. The molecule has 1 aromatic heterocycles. The number of benzene rings is 1. The van der Waals surface area contributed by atoms with Crippen molar-refractivity contribution >= 4 is 5.91 Å². The monoisotopic (exact) mass is 310 g/mol. The number of halogens is 3. The summed E-state index contributed by atoms with van der Waals surface area (Å²) in [4.78, 5) is 13.9. The molecule has 0 bridgehead atoms. The Labute approximate surface area is 124 Å². The molecule has 0 saturated carbocycles. The van der Waals surface area contributed by atoms with Crippen LogP contribution in [0.3, 0.4) is 0 Å². The van der Waals surface area contributed by atoms with Gasteiger partial charge in [0.2, 0.25) is 0 Å². The number of rotatable bonds is 1. The van der Waals surface area contributed by atoms with E-state index < -0.39 is 11.7 Å². The number of hydrogen-bond donors (Lipinski definition) is 0. The molecule has 0 spiro atoms. The van der Waals surface area contributed by atoms with Crippen LogP contribution in [0.2, 0.25) is 0 Å². The molecule has 1 aromatic carbocycles. The molecule has 116 valence electrons. The largest absolute Gasteiger partial charge is 0.416 e. The molecule has 0 atom stereocenters. The van der Waals surface area contributed by atoms with Gasteiger partial charge in [0.15, 0.2) is 5.76 Å². The zero-order valence-corrected chi connectivity index (χ0v) is 11.8. The first-order chi connectivity index (χ1) is 10.4. The Kier molecular flexibility index (Phi) is 3.42. The molecule has 1 aliphatic rings. The molecule has 7 heteroatoms. The molecule has 0 radical (unpaired) electrons. The minimum absolute atomic E-state index is 0.229. The van der Waals surface area contributed by atoms with E-state index in [4.69, 9.17) is 4.52 Å². The highest BCUT2D eigenvalue weighted by atomic mass is 19.4. The smallest absolute Gasteiger partial charge is 0.359 e. The molecule has 4 nitrogen and oxygen atoms in total. The van der Waals surface area contributed by atoms with Crippen LogP contribution in [0.25, 0.3) is 0 Å².